The third-order valence-corrected chi connectivity index (χ3v) is 4.67. The van der Waals surface area contributed by atoms with E-state index in [-0.39, 0.29) is 29.7 Å². The van der Waals surface area contributed by atoms with Crippen LogP contribution in [-0.2, 0) is 19.1 Å². The summed E-state index contributed by atoms with van der Waals surface area (Å²) < 4.78 is 10.9. The third-order valence-electron chi connectivity index (χ3n) is 4.67. The maximum atomic E-state index is 12.6. The number of carbonyl (C=O) groups excluding carboxylic acids is 2. The maximum Gasteiger partial charge on any atom is 0.323 e. The van der Waals surface area contributed by atoms with Crippen molar-refractivity contribution in [2.75, 3.05) is 13.2 Å². The van der Waals surface area contributed by atoms with Gasteiger partial charge in [0.1, 0.15) is 0 Å². The van der Waals surface area contributed by atoms with Crippen molar-refractivity contribution in [1.29, 1.82) is 0 Å². The molecule has 2 aliphatic rings. The molecule has 2 rings (SSSR count). The highest BCUT2D eigenvalue weighted by molar-refractivity contribution is 6.01. The average molecular weight is 296 g/mol. The summed E-state index contributed by atoms with van der Waals surface area (Å²) in [4.78, 5) is 25.2. The molecule has 2 unspecified atom stereocenters. The topological polar surface area (TPSA) is 52.6 Å². The van der Waals surface area contributed by atoms with Gasteiger partial charge in [-0.3, -0.25) is 9.59 Å². The van der Waals surface area contributed by atoms with Crippen molar-refractivity contribution in [3.8, 4) is 0 Å². The Hall–Kier alpha value is -1.06. The molecule has 0 aromatic rings. The molecular weight excluding hydrogens is 268 g/mol. The molecule has 0 N–H and O–H groups in total. The fraction of sp³-hybridized carbons (Fsp3) is 0.882. The summed E-state index contributed by atoms with van der Waals surface area (Å²) in [7, 11) is 0. The van der Waals surface area contributed by atoms with Crippen LogP contribution < -0.4 is 0 Å². The summed E-state index contributed by atoms with van der Waals surface area (Å²) in [6.07, 6.45) is 3.65. The van der Waals surface area contributed by atoms with Crippen LogP contribution in [0.15, 0.2) is 0 Å². The molecule has 0 aromatic carbocycles. The van der Waals surface area contributed by atoms with Crippen molar-refractivity contribution in [2.24, 2.45) is 29.1 Å². The predicted molar refractivity (Wildman–Crippen MR) is 79.5 cm³/mol. The van der Waals surface area contributed by atoms with Gasteiger partial charge in [0.2, 0.25) is 0 Å². The molecule has 4 heteroatoms. The Kier molecular flexibility index (Phi) is 4.95. The van der Waals surface area contributed by atoms with E-state index in [1.807, 2.05) is 27.7 Å². The highest BCUT2D eigenvalue weighted by atomic mass is 16.6. The molecule has 0 heterocycles. The average Bonchev–Trinajstić information content (AvgIpc) is 3.02. The maximum absolute atomic E-state index is 12.6. The van der Waals surface area contributed by atoms with Gasteiger partial charge < -0.3 is 9.47 Å². The molecule has 4 nitrogen and oxygen atoms in total. The Balaban J connectivity index is 2.12. The molecule has 0 aliphatic heterocycles. The smallest absolute Gasteiger partial charge is 0.323 e. The first kappa shape index (κ1) is 16.3. The van der Waals surface area contributed by atoms with Crippen molar-refractivity contribution in [2.45, 2.75) is 53.4 Å². The van der Waals surface area contributed by atoms with E-state index in [0.717, 1.165) is 19.3 Å². The molecule has 2 fully saturated rings. The number of rotatable bonds is 6. The Morgan fingerprint density at radius 3 is 1.86 bits per heavy atom. The van der Waals surface area contributed by atoms with Gasteiger partial charge in [0, 0.05) is 0 Å². The normalized spacial score (nSPS) is 26.4. The molecule has 2 aliphatic carbocycles. The highest BCUT2D eigenvalue weighted by Crippen LogP contribution is 2.57. The van der Waals surface area contributed by atoms with Crippen LogP contribution in [-0.4, -0.2) is 25.2 Å². The van der Waals surface area contributed by atoms with E-state index in [1.165, 1.54) is 0 Å². The van der Waals surface area contributed by atoms with E-state index in [2.05, 4.69) is 0 Å². The van der Waals surface area contributed by atoms with Gasteiger partial charge in [-0.05, 0) is 42.9 Å². The lowest BCUT2D eigenvalue weighted by molar-refractivity contribution is -0.178. The lowest BCUT2D eigenvalue weighted by atomic mass is 9.73. The zero-order valence-electron chi connectivity index (χ0n) is 13.7. The molecule has 0 saturated heterocycles. The monoisotopic (exact) mass is 296 g/mol. The highest BCUT2D eigenvalue weighted by Gasteiger charge is 2.62. The van der Waals surface area contributed by atoms with Gasteiger partial charge in [0.05, 0.1) is 13.2 Å². The van der Waals surface area contributed by atoms with E-state index < -0.39 is 5.41 Å². The molecule has 120 valence electrons. The Morgan fingerprint density at radius 1 is 1.00 bits per heavy atom. The van der Waals surface area contributed by atoms with Crippen LogP contribution in [0.4, 0.5) is 0 Å². The molecule has 2 bridgehead atoms. The first-order chi connectivity index (χ1) is 9.86. The van der Waals surface area contributed by atoms with E-state index >= 15 is 0 Å². The largest absolute Gasteiger partial charge is 0.465 e. The molecule has 0 amide bonds. The second-order valence-electron chi connectivity index (χ2n) is 7.54. The summed E-state index contributed by atoms with van der Waals surface area (Å²) in [5.74, 6) is 0.442. The van der Waals surface area contributed by atoms with E-state index in [1.54, 1.807) is 0 Å². The van der Waals surface area contributed by atoms with Crippen LogP contribution in [0.5, 0.6) is 0 Å². The SMILES string of the molecule is CC(C)COC(=O)C1(C(=O)OCC(C)C)CC2CCC1C2. The second-order valence-corrected chi connectivity index (χ2v) is 7.54. The fourth-order valence-corrected chi connectivity index (χ4v) is 3.66. The van der Waals surface area contributed by atoms with Gasteiger partial charge in [0.15, 0.2) is 5.41 Å². The minimum atomic E-state index is -1.02. The van der Waals surface area contributed by atoms with Crippen molar-refractivity contribution in [1.82, 2.24) is 0 Å². The van der Waals surface area contributed by atoms with Crippen molar-refractivity contribution in [3.05, 3.63) is 0 Å². The Labute approximate surface area is 127 Å². The first-order valence-corrected chi connectivity index (χ1v) is 8.20. The van der Waals surface area contributed by atoms with Crippen LogP contribution in [0.3, 0.4) is 0 Å². The molecule has 21 heavy (non-hydrogen) atoms. The van der Waals surface area contributed by atoms with Gasteiger partial charge >= 0.3 is 11.9 Å². The third kappa shape index (κ3) is 3.24. The molecule has 2 saturated carbocycles. The summed E-state index contributed by atoms with van der Waals surface area (Å²) in [6, 6.07) is 0. The fourth-order valence-electron chi connectivity index (χ4n) is 3.66. The zero-order chi connectivity index (χ0) is 15.6. The van der Waals surface area contributed by atoms with Crippen LogP contribution in [0.2, 0.25) is 0 Å². The number of hydrogen-bond donors (Lipinski definition) is 0. The standard InChI is InChI=1S/C17H28O4/c1-11(2)9-20-15(18)17(16(19)21-10-12(3)4)8-13-5-6-14(17)7-13/h11-14H,5-10H2,1-4H3. The van der Waals surface area contributed by atoms with Crippen LogP contribution in [0.1, 0.15) is 53.4 Å². The zero-order valence-corrected chi connectivity index (χ0v) is 13.7. The molecule has 2 atom stereocenters. The predicted octanol–water partition coefficient (Wildman–Crippen LogP) is 3.19. The summed E-state index contributed by atoms with van der Waals surface area (Å²) in [6.45, 7) is 8.73. The summed E-state index contributed by atoms with van der Waals surface area (Å²) >= 11 is 0. The van der Waals surface area contributed by atoms with Crippen molar-refractivity contribution < 1.29 is 19.1 Å². The number of hydrogen-bond acceptors (Lipinski definition) is 4. The van der Waals surface area contributed by atoms with Gasteiger partial charge in [-0.25, -0.2) is 0 Å². The minimum Gasteiger partial charge on any atom is -0.465 e. The van der Waals surface area contributed by atoms with E-state index in [0.29, 0.717) is 25.6 Å². The van der Waals surface area contributed by atoms with E-state index in [9.17, 15) is 9.59 Å². The molecule has 0 aromatic heterocycles. The summed E-state index contributed by atoms with van der Waals surface area (Å²) in [5, 5.41) is 0. The summed E-state index contributed by atoms with van der Waals surface area (Å²) in [5.41, 5.74) is -1.02. The van der Waals surface area contributed by atoms with Crippen LogP contribution >= 0.6 is 0 Å². The van der Waals surface area contributed by atoms with Crippen LogP contribution in [0.25, 0.3) is 0 Å². The molecular formula is C17H28O4. The van der Waals surface area contributed by atoms with Gasteiger partial charge in [-0.1, -0.05) is 34.1 Å². The quantitative estimate of drug-likeness (QED) is 0.558. The Morgan fingerprint density at radius 2 is 1.52 bits per heavy atom. The van der Waals surface area contributed by atoms with E-state index in [4.69, 9.17) is 9.47 Å². The lowest BCUT2D eigenvalue weighted by Gasteiger charge is -2.33. The molecule has 0 radical (unpaired) electrons. The van der Waals surface area contributed by atoms with Gasteiger partial charge in [-0.2, -0.15) is 0 Å². The van der Waals surface area contributed by atoms with Gasteiger partial charge in [-0.15, -0.1) is 0 Å². The van der Waals surface area contributed by atoms with Crippen LogP contribution in [0, 0.1) is 29.1 Å². The first-order valence-electron chi connectivity index (χ1n) is 8.20. The Bertz CT molecular complexity index is 376. The van der Waals surface area contributed by atoms with Crippen molar-refractivity contribution >= 4 is 11.9 Å². The number of fused-ring (bicyclic) bond motifs is 2. The number of esters is 2. The van der Waals surface area contributed by atoms with Gasteiger partial charge in [0.25, 0.3) is 0 Å². The van der Waals surface area contributed by atoms with Crippen molar-refractivity contribution in [3.63, 3.8) is 0 Å². The minimum absolute atomic E-state index is 0.113. The lowest BCUT2D eigenvalue weighted by Crippen LogP contribution is -2.46. The number of ether oxygens (including phenoxy) is 2. The number of carbonyl (C=O) groups is 2. The second kappa shape index (κ2) is 6.37. The molecule has 0 spiro atoms.